The number of carbonyl (C=O) groups is 1. The number of rotatable bonds is 8. The number of ether oxygens (including phenoxy) is 3. The number of methoxy groups -OCH3 is 2. The molecule has 0 radical (unpaired) electrons. The fraction of sp³-hybridized carbons (Fsp3) is 0.360. The van der Waals surface area contributed by atoms with Crippen LogP contribution in [0.2, 0.25) is 0 Å². The van der Waals surface area contributed by atoms with Crippen molar-refractivity contribution in [2.75, 3.05) is 58.9 Å². The van der Waals surface area contributed by atoms with E-state index < -0.39 is 0 Å². The van der Waals surface area contributed by atoms with Crippen molar-refractivity contribution in [2.24, 2.45) is 0 Å². The zero-order chi connectivity index (χ0) is 23.9. The molecule has 1 aliphatic rings. The monoisotopic (exact) mass is 466 g/mol. The summed E-state index contributed by atoms with van der Waals surface area (Å²) in [5.74, 6) is 1.24. The van der Waals surface area contributed by atoms with E-state index in [4.69, 9.17) is 14.2 Å². The molecule has 2 amide bonds. The average Bonchev–Trinajstić information content (AvgIpc) is 2.87. The molecule has 1 saturated heterocycles. The van der Waals surface area contributed by atoms with Gasteiger partial charge in [0.25, 0.3) is 5.56 Å². The van der Waals surface area contributed by atoms with Crippen LogP contribution in [0.15, 0.2) is 53.3 Å². The van der Waals surface area contributed by atoms with E-state index in [0.717, 1.165) is 18.5 Å². The number of aromatic amines is 1. The van der Waals surface area contributed by atoms with Crippen molar-refractivity contribution >= 4 is 22.6 Å². The Bertz CT molecular complexity index is 1190. The van der Waals surface area contributed by atoms with Gasteiger partial charge >= 0.3 is 6.03 Å². The molecular formula is C25H30N4O5. The minimum absolute atomic E-state index is 0.169. The fourth-order valence-corrected chi connectivity index (χ4v) is 3.96. The zero-order valence-electron chi connectivity index (χ0n) is 19.5. The van der Waals surface area contributed by atoms with Crippen LogP contribution in [0.1, 0.15) is 5.56 Å². The number of nitrogens with zero attached hydrogens (tertiary/aromatic N) is 2. The maximum absolute atomic E-state index is 13.3. The van der Waals surface area contributed by atoms with Gasteiger partial charge in [0.1, 0.15) is 11.5 Å². The van der Waals surface area contributed by atoms with Crippen LogP contribution in [0, 0.1) is 0 Å². The molecule has 2 N–H and O–H groups in total. The third-order valence-corrected chi connectivity index (χ3v) is 5.92. The van der Waals surface area contributed by atoms with Gasteiger partial charge in [0, 0.05) is 37.8 Å². The van der Waals surface area contributed by atoms with Crippen molar-refractivity contribution < 1.29 is 19.0 Å². The topological polar surface area (TPSA) is 96.1 Å². The van der Waals surface area contributed by atoms with Gasteiger partial charge in [-0.05, 0) is 35.7 Å². The van der Waals surface area contributed by atoms with Crippen LogP contribution >= 0.6 is 0 Å². The van der Waals surface area contributed by atoms with E-state index in [0.29, 0.717) is 54.6 Å². The molecule has 1 fully saturated rings. The number of carbonyl (C=O) groups excluding carboxylic acids is 1. The molecule has 0 unspecified atom stereocenters. The molecule has 3 aromatic rings. The van der Waals surface area contributed by atoms with Gasteiger partial charge in [0.05, 0.1) is 45.2 Å². The number of pyridine rings is 1. The van der Waals surface area contributed by atoms with Crippen LogP contribution < -0.4 is 20.3 Å². The number of H-pyrrole nitrogens is 1. The Hall–Kier alpha value is -3.56. The van der Waals surface area contributed by atoms with Crippen molar-refractivity contribution in [2.45, 2.75) is 6.54 Å². The van der Waals surface area contributed by atoms with E-state index in [1.807, 2.05) is 30.3 Å². The lowest BCUT2D eigenvalue weighted by atomic mass is 10.1. The number of hydrogen-bond donors (Lipinski definition) is 2. The number of benzene rings is 2. The van der Waals surface area contributed by atoms with E-state index in [2.05, 4.69) is 15.2 Å². The van der Waals surface area contributed by atoms with Gasteiger partial charge in [-0.2, -0.15) is 0 Å². The molecule has 4 rings (SSSR count). The lowest BCUT2D eigenvalue weighted by Gasteiger charge is -2.30. The molecule has 0 atom stereocenters. The summed E-state index contributed by atoms with van der Waals surface area (Å²) in [5.41, 5.74) is 1.54. The molecule has 1 aromatic heterocycles. The highest BCUT2D eigenvalue weighted by Gasteiger charge is 2.20. The number of morpholine rings is 1. The number of aromatic nitrogens is 1. The van der Waals surface area contributed by atoms with Crippen LogP contribution in [0.25, 0.3) is 10.9 Å². The van der Waals surface area contributed by atoms with Gasteiger partial charge in [-0.1, -0.05) is 12.1 Å². The standard InChI is InChI=1S/C25H30N4O5/c1-32-20-8-7-18-15-19(24(30)26-22(18)16-20)17-29(10-9-28-11-13-34-14-12-28)25(31)27-21-5-3-4-6-23(21)33-2/h3-8,15-16H,9-14,17H2,1-2H3,(H,26,30)(H,27,31). The molecule has 1 aliphatic heterocycles. The highest BCUT2D eigenvalue weighted by Crippen LogP contribution is 2.24. The maximum Gasteiger partial charge on any atom is 0.322 e. The SMILES string of the molecule is COc1ccc2cc(CN(CCN3CCOCC3)C(=O)Nc3ccccc3OC)c(=O)[nH]c2c1. The summed E-state index contributed by atoms with van der Waals surface area (Å²) in [4.78, 5) is 33.0. The summed E-state index contributed by atoms with van der Waals surface area (Å²) in [5, 5.41) is 3.80. The number of anilines is 1. The Morgan fingerprint density at radius 1 is 1.12 bits per heavy atom. The van der Waals surface area contributed by atoms with Gasteiger partial charge < -0.3 is 29.4 Å². The first-order valence-electron chi connectivity index (χ1n) is 11.3. The normalized spacial score (nSPS) is 14.1. The van der Waals surface area contributed by atoms with Gasteiger partial charge in [0.2, 0.25) is 0 Å². The second kappa shape index (κ2) is 11.0. The van der Waals surface area contributed by atoms with E-state index >= 15 is 0 Å². The summed E-state index contributed by atoms with van der Waals surface area (Å²) in [6, 6.07) is 14.3. The molecule has 0 aliphatic carbocycles. The lowest BCUT2D eigenvalue weighted by Crippen LogP contribution is -2.44. The summed E-state index contributed by atoms with van der Waals surface area (Å²) in [7, 11) is 3.14. The zero-order valence-corrected chi connectivity index (χ0v) is 19.5. The summed E-state index contributed by atoms with van der Waals surface area (Å²) < 4.78 is 16.0. The third kappa shape index (κ3) is 5.67. The van der Waals surface area contributed by atoms with Gasteiger partial charge in [-0.25, -0.2) is 4.79 Å². The second-order valence-corrected chi connectivity index (χ2v) is 8.08. The number of fused-ring (bicyclic) bond motifs is 1. The quantitative estimate of drug-likeness (QED) is 0.530. The number of amides is 2. The summed E-state index contributed by atoms with van der Waals surface area (Å²) in [6.07, 6.45) is 0. The largest absolute Gasteiger partial charge is 0.497 e. The van der Waals surface area contributed by atoms with Crippen LogP contribution in [0.4, 0.5) is 10.5 Å². The Labute approximate surface area is 198 Å². The predicted molar refractivity (Wildman–Crippen MR) is 131 cm³/mol. The molecule has 180 valence electrons. The van der Waals surface area contributed by atoms with Crippen LogP contribution in [0.3, 0.4) is 0 Å². The molecule has 0 saturated carbocycles. The summed E-state index contributed by atoms with van der Waals surface area (Å²) >= 11 is 0. The molecule has 0 bridgehead atoms. The highest BCUT2D eigenvalue weighted by atomic mass is 16.5. The number of nitrogens with one attached hydrogen (secondary N) is 2. The molecule has 2 heterocycles. The predicted octanol–water partition coefficient (Wildman–Crippen LogP) is 2.91. The van der Waals surface area contributed by atoms with Crippen LogP contribution in [-0.2, 0) is 11.3 Å². The number of hydrogen-bond acceptors (Lipinski definition) is 6. The first-order valence-corrected chi connectivity index (χ1v) is 11.3. The fourth-order valence-electron chi connectivity index (χ4n) is 3.96. The Morgan fingerprint density at radius 2 is 1.91 bits per heavy atom. The molecule has 9 nitrogen and oxygen atoms in total. The van der Waals surface area contributed by atoms with E-state index in [-0.39, 0.29) is 18.1 Å². The van der Waals surface area contributed by atoms with E-state index in [1.54, 1.807) is 37.3 Å². The minimum Gasteiger partial charge on any atom is -0.497 e. The summed E-state index contributed by atoms with van der Waals surface area (Å²) in [6.45, 7) is 4.32. The van der Waals surface area contributed by atoms with E-state index in [1.165, 1.54) is 0 Å². The van der Waals surface area contributed by atoms with Gasteiger partial charge in [-0.15, -0.1) is 0 Å². The first-order chi connectivity index (χ1) is 16.6. The highest BCUT2D eigenvalue weighted by molar-refractivity contribution is 5.91. The Kier molecular flexibility index (Phi) is 7.66. The van der Waals surface area contributed by atoms with E-state index in [9.17, 15) is 9.59 Å². The lowest BCUT2D eigenvalue weighted by molar-refractivity contribution is 0.0349. The van der Waals surface area contributed by atoms with Gasteiger partial charge in [-0.3, -0.25) is 9.69 Å². The number of urea groups is 1. The van der Waals surface area contributed by atoms with Crippen molar-refractivity contribution in [1.29, 1.82) is 0 Å². The third-order valence-electron chi connectivity index (χ3n) is 5.92. The Morgan fingerprint density at radius 3 is 2.68 bits per heavy atom. The van der Waals surface area contributed by atoms with Crippen LogP contribution in [0.5, 0.6) is 11.5 Å². The number of para-hydroxylation sites is 2. The Balaban J connectivity index is 1.57. The van der Waals surface area contributed by atoms with Crippen molar-refractivity contribution in [3.8, 4) is 11.5 Å². The van der Waals surface area contributed by atoms with Crippen molar-refractivity contribution in [1.82, 2.24) is 14.8 Å². The van der Waals surface area contributed by atoms with Crippen LogP contribution in [-0.4, -0.2) is 74.4 Å². The maximum atomic E-state index is 13.3. The molecular weight excluding hydrogens is 436 g/mol. The minimum atomic E-state index is -0.299. The molecule has 9 heteroatoms. The molecule has 34 heavy (non-hydrogen) atoms. The van der Waals surface area contributed by atoms with Crippen molar-refractivity contribution in [3.05, 3.63) is 64.4 Å². The molecule has 2 aromatic carbocycles. The smallest absolute Gasteiger partial charge is 0.322 e. The average molecular weight is 467 g/mol. The van der Waals surface area contributed by atoms with Crippen molar-refractivity contribution in [3.63, 3.8) is 0 Å². The first kappa shape index (κ1) is 23.6. The molecule has 0 spiro atoms. The second-order valence-electron chi connectivity index (χ2n) is 8.08. The van der Waals surface area contributed by atoms with Gasteiger partial charge in [0.15, 0.2) is 0 Å².